The Labute approximate surface area is 138 Å². The van der Waals surface area contributed by atoms with Crippen LogP contribution in [0.25, 0.3) is 0 Å². The highest BCUT2D eigenvalue weighted by Crippen LogP contribution is 2.16. The second kappa shape index (κ2) is 6.95. The van der Waals surface area contributed by atoms with E-state index in [1.54, 1.807) is 0 Å². The topological polar surface area (TPSA) is 89.3 Å². The number of nitrogens with one attached hydrogen (secondary N) is 1. The van der Waals surface area contributed by atoms with Crippen LogP contribution in [0.4, 0.5) is 10.1 Å². The number of carbonyl (C=O) groups is 1. The monoisotopic (exact) mass is 352 g/mol. The molecule has 2 aromatic carbocycles. The van der Waals surface area contributed by atoms with Crippen LogP contribution in [0.2, 0.25) is 0 Å². The Bertz CT molecular complexity index is 845. The van der Waals surface area contributed by atoms with Gasteiger partial charge in [0.1, 0.15) is 5.82 Å². The van der Waals surface area contributed by atoms with Gasteiger partial charge in [-0.15, -0.1) is 12.6 Å². The first-order chi connectivity index (χ1) is 10.8. The van der Waals surface area contributed by atoms with E-state index in [-0.39, 0.29) is 15.7 Å². The predicted molar refractivity (Wildman–Crippen MR) is 89.2 cm³/mol. The number of rotatable bonds is 5. The van der Waals surface area contributed by atoms with Crippen molar-refractivity contribution in [3.63, 3.8) is 0 Å². The summed E-state index contributed by atoms with van der Waals surface area (Å²) < 4.78 is 35.1. The van der Waals surface area contributed by atoms with Gasteiger partial charge < -0.3 is 5.32 Å². The van der Waals surface area contributed by atoms with Crippen LogP contribution in [-0.2, 0) is 10.0 Å². The Morgan fingerprint density at radius 1 is 1.09 bits per heavy atom. The number of hydrogen-bond donors (Lipinski definition) is 3. The normalized spacial score (nSPS) is 12.0. The first-order valence-corrected chi connectivity index (χ1v) is 8.35. The van der Waals surface area contributed by atoms with Crippen molar-refractivity contribution >= 4 is 34.1 Å². The second-order valence-electron chi connectivity index (χ2n) is 4.60. The summed E-state index contributed by atoms with van der Waals surface area (Å²) in [7, 11) is -3.75. The lowest BCUT2D eigenvalue weighted by Crippen LogP contribution is -2.11. The van der Waals surface area contributed by atoms with Crippen molar-refractivity contribution < 1.29 is 17.6 Å². The fourth-order valence-electron chi connectivity index (χ4n) is 1.73. The number of primary sulfonamides is 1. The quantitative estimate of drug-likeness (QED) is 0.438. The Morgan fingerprint density at radius 3 is 2.17 bits per heavy atom. The third-order valence-corrected chi connectivity index (χ3v) is 4.02. The third-order valence-electron chi connectivity index (χ3n) is 2.85. The van der Waals surface area contributed by atoms with Gasteiger partial charge in [-0.3, -0.25) is 4.79 Å². The summed E-state index contributed by atoms with van der Waals surface area (Å²) in [5, 5.41) is 8.08. The van der Waals surface area contributed by atoms with E-state index in [0.717, 1.165) is 0 Å². The molecule has 0 aliphatic heterocycles. The van der Waals surface area contributed by atoms with E-state index in [0.29, 0.717) is 11.3 Å². The zero-order chi connectivity index (χ0) is 17.0. The molecule has 8 heteroatoms. The molecule has 2 aromatic rings. The van der Waals surface area contributed by atoms with E-state index in [2.05, 4.69) is 17.9 Å². The smallest absolute Gasteiger partial charge is 0.238 e. The number of halogens is 1. The van der Waals surface area contributed by atoms with Crippen molar-refractivity contribution in [3.8, 4) is 0 Å². The fraction of sp³-hybridized carbons (Fsp3) is 0. The highest BCUT2D eigenvalue weighted by molar-refractivity contribution is 7.89. The van der Waals surface area contributed by atoms with Crippen molar-refractivity contribution in [2.75, 3.05) is 5.32 Å². The molecule has 0 aromatic heterocycles. The molecule has 0 unspecified atom stereocenters. The number of benzene rings is 2. The summed E-state index contributed by atoms with van der Waals surface area (Å²) in [6, 6.07) is 10.8. The van der Waals surface area contributed by atoms with Crippen LogP contribution in [0.1, 0.15) is 10.4 Å². The van der Waals surface area contributed by atoms with E-state index in [9.17, 15) is 17.6 Å². The number of thiol groups is 1. The Hall–Kier alpha value is -2.16. The molecule has 0 radical (unpaired) electrons. The summed E-state index contributed by atoms with van der Waals surface area (Å²) >= 11 is 4.15. The highest BCUT2D eigenvalue weighted by Gasteiger charge is 2.07. The average Bonchev–Trinajstić information content (AvgIpc) is 2.47. The largest absolute Gasteiger partial charge is 0.350 e. The summed E-state index contributed by atoms with van der Waals surface area (Å²) in [6.07, 6.45) is 1.24. The van der Waals surface area contributed by atoms with Gasteiger partial charge in [-0.05, 0) is 48.5 Å². The molecular formula is C15H13FN2O3S2. The molecule has 2 rings (SSSR count). The minimum Gasteiger partial charge on any atom is -0.350 e. The molecule has 0 atom stereocenters. The van der Waals surface area contributed by atoms with Crippen molar-refractivity contribution in [3.05, 3.63) is 71.0 Å². The molecule has 0 spiro atoms. The van der Waals surface area contributed by atoms with Crippen LogP contribution in [0.3, 0.4) is 0 Å². The molecular weight excluding hydrogens is 339 g/mol. The summed E-state index contributed by atoms with van der Waals surface area (Å²) in [5.41, 5.74) is 0.856. The van der Waals surface area contributed by atoms with E-state index in [1.165, 1.54) is 54.6 Å². The van der Waals surface area contributed by atoms with Crippen LogP contribution < -0.4 is 10.5 Å². The fourth-order valence-corrected chi connectivity index (χ4v) is 2.50. The number of sulfonamides is 1. The van der Waals surface area contributed by atoms with Gasteiger partial charge in [0, 0.05) is 17.3 Å². The first kappa shape index (κ1) is 17.2. The molecule has 5 nitrogen and oxygen atoms in total. The minimum atomic E-state index is -3.75. The van der Waals surface area contributed by atoms with E-state index in [1.807, 2.05) is 0 Å². The van der Waals surface area contributed by atoms with Crippen molar-refractivity contribution in [1.82, 2.24) is 0 Å². The van der Waals surface area contributed by atoms with Gasteiger partial charge in [0.25, 0.3) is 0 Å². The molecule has 0 saturated carbocycles. The molecule has 3 N–H and O–H groups in total. The standard InChI is InChI=1S/C15H13FN2O3S2/c16-11-3-1-10(2-4-11)14(19)9-15(22)18-12-5-7-13(8-6-12)23(17,20)21/h1-9,18,22H,(H2,17,20,21)/b15-9-. The molecule has 0 bridgehead atoms. The van der Waals surface area contributed by atoms with Gasteiger partial charge in [-0.25, -0.2) is 17.9 Å². The molecule has 23 heavy (non-hydrogen) atoms. The molecule has 120 valence electrons. The Balaban J connectivity index is 2.10. The third kappa shape index (κ3) is 4.92. The van der Waals surface area contributed by atoms with Gasteiger partial charge in [-0.2, -0.15) is 0 Å². The molecule has 0 saturated heterocycles. The molecule has 0 amide bonds. The number of anilines is 1. The summed E-state index contributed by atoms with van der Waals surface area (Å²) in [4.78, 5) is 11.9. The molecule has 0 aliphatic carbocycles. The summed E-state index contributed by atoms with van der Waals surface area (Å²) in [6.45, 7) is 0. The van der Waals surface area contributed by atoms with E-state index in [4.69, 9.17) is 5.14 Å². The lowest BCUT2D eigenvalue weighted by Gasteiger charge is -2.06. The second-order valence-corrected chi connectivity index (χ2v) is 6.64. The Morgan fingerprint density at radius 2 is 1.65 bits per heavy atom. The van der Waals surface area contributed by atoms with Crippen molar-refractivity contribution in [1.29, 1.82) is 0 Å². The molecule has 0 heterocycles. The molecule has 0 aliphatic rings. The number of carbonyl (C=O) groups excluding carboxylic acids is 1. The number of nitrogens with two attached hydrogens (primary N) is 1. The van der Waals surface area contributed by atoms with Gasteiger partial charge >= 0.3 is 0 Å². The van der Waals surface area contributed by atoms with Crippen LogP contribution >= 0.6 is 12.6 Å². The van der Waals surface area contributed by atoms with Gasteiger partial charge in [-0.1, -0.05) is 0 Å². The van der Waals surface area contributed by atoms with Crippen LogP contribution in [-0.4, -0.2) is 14.2 Å². The minimum absolute atomic E-state index is 0.0184. The summed E-state index contributed by atoms with van der Waals surface area (Å²) in [5.74, 6) is -0.770. The maximum Gasteiger partial charge on any atom is 0.238 e. The zero-order valence-corrected chi connectivity index (χ0v) is 13.4. The number of allylic oxidation sites excluding steroid dienone is 1. The van der Waals surface area contributed by atoms with Gasteiger partial charge in [0.15, 0.2) is 5.78 Å². The van der Waals surface area contributed by atoms with Gasteiger partial charge in [0.2, 0.25) is 10.0 Å². The van der Waals surface area contributed by atoms with Gasteiger partial charge in [0.05, 0.1) is 9.92 Å². The van der Waals surface area contributed by atoms with Crippen LogP contribution in [0, 0.1) is 5.82 Å². The van der Waals surface area contributed by atoms with E-state index < -0.39 is 15.8 Å². The molecule has 0 fully saturated rings. The highest BCUT2D eigenvalue weighted by atomic mass is 32.2. The lowest BCUT2D eigenvalue weighted by molar-refractivity contribution is 0.104. The number of ketones is 1. The van der Waals surface area contributed by atoms with Crippen molar-refractivity contribution in [2.24, 2.45) is 5.14 Å². The zero-order valence-electron chi connectivity index (χ0n) is 11.7. The Kier molecular flexibility index (Phi) is 5.19. The number of hydrogen-bond acceptors (Lipinski definition) is 5. The van der Waals surface area contributed by atoms with Crippen LogP contribution in [0.5, 0.6) is 0 Å². The van der Waals surface area contributed by atoms with E-state index >= 15 is 0 Å². The SMILES string of the molecule is NS(=O)(=O)c1ccc(N/C(S)=C/C(=O)c2ccc(F)cc2)cc1. The lowest BCUT2D eigenvalue weighted by atomic mass is 10.1. The predicted octanol–water partition coefficient (Wildman–Crippen LogP) is 2.54. The maximum atomic E-state index is 12.8. The average molecular weight is 352 g/mol. The first-order valence-electron chi connectivity index (χ1n) is 6.36. The van der Waals surface area contributed by atoms with Crippen molar-refractivity contribution in [2.45, 2.75) is 4.90 Å². The van der Waals surface area contributed by atoms with Crippen LogP contribution in [0.15, 0.2) is 64.5 Å². The maximum absolute atomic E-state index is 12.8.